The third-order valence-electron chi connectivity index (χ3n) is 5.17. The molecule has 2 amide bonds. The summed E-state index contributed by atoms with van der Waals surface area (Å²) in [6, 6.07) is 14.2. The molecule has 2 heterocycles. The highest BCUT2D eigenvalue weighted by Crippen LogP contribution is 2.36. The highest BCUT2D eigenvalue weighted by Gasteiger charge is 2.62. The van der Waals surface area contributed by atoms with Crippen molar-refractivity contribution in [1.29, 1.82) is 0 Å². The van der Waals surface area contributed by atoms with Crippen LogP contribution >= 0.6 is 0 Å². The smallest absolute Gasteiger partial charge is 0.342 e. The Labute approximate surface area is 178 Å². The lowest BCUT2D eigenvalue weighted by atomic mass is 9.96. The van der Waals surface area contributed by atoms with E-state index in [4.69, 9.17) is 4.74 Å². The number of carbonyl (C=O) groups excluding carboxylic acids is 2. The maximum atomic E-state index is 13.0. The highest BCUT2D eigenvalue weighted by molar-refractivity contribution is 7.89. The summed E-state index contributed by atoms with van der Waals surface area (Å²) in [5.74, 6) is -2.21. The number of amides is 2. The van der Waals surface area contributed by atoms with E-state index in [0.717, 1.165) is 9.21 Å². The summed E-state index contributed by atoms with van der Waals surface area (Å²) in [6.07, 6.45) is -1.67. The van der Waals surface area contributed by atoms with Gasteiger partial charge in [-0.1, -0.05) is 36.4 Å². The molecule has 0 spiro atoms. The molecule has 4 rings (SSSR count). The molecule has 0 saturated carbocycles. The molecule has 2 aliphatic heterocycles. The van der Waals surface area contributed by atoms with Crippen LogP contribution in [0.3, 0.4) is 0 Å². The largest absolute Gasteiger partial charge is 0.484 e. The van der Waals surface area contributed by atoms with Crippen molar-refractivity contribution in [1.82, 2.24) is 14.5 Å². The van der Waals surface area contributed by atoms with Crippen LogP contribution in [-0.4, -0.2) is 71.9 Å². The van der Waals surface area contributed by atoms with Crippen molar-refractivity contribution in [2.24, 2.45) is 0 Å². The van der Waals surface area contributed by atoms with Crippen LogP contribution in [0.5, 0.6) is 5.75 Å². The second-order valence-electron chi connectivity index (χ2n) is 7.06. The number of aliphatic carboxylic acids is 1. The van der Waals surface area contributed by atoms with Gasteiger partial charge in [-0.25, -0.2) is 13.2 Å². The maximum absolute atomic E-state index is 13.0. The van der Waals surface area contributed by atoms with Gasteiger partial charge in [0, 0.05) is 6.54 Å². The Kier molecular flexibility index (Phi) is 5.38. The summed E-state index contributed by atoms with van der Waals surface area (Å²) < 4.78 is 32.1. The van der Waals surface area contributed by atoms with Crippen LogP contribution in [0.4, 0.5) is 0 Å². The van der Waals surface area contributed by atoms with Gasteiger partial charge in [-0.15, -0.1) is 0 Å². The van der Waals surface area contributed by atoms with E-state index in [9.17, 15) is 27.9 Å². The topological polar surface area (TPSA) is 133 Å². The van der Waals surface area contributed by atoms with Crippen LogP contribution in [-0.2, 0) is 24.4 Å². The average molecular weight is 445 g/mol. The van der Waals surface area contributed by atoms with Crippen molar-refractivity contribution >= 4 is 27.8 Å². The zero-order valence-electron chi connectivity index (χ0n) is 16.1. The first-order valence-corrected chi connectivity index (χ1v) is 10.8. The fourth-order valence-corrected chi connectivity index (χ4v) is 5.30. The number of rotatable bonds is 7. The average Bonchev–Trinajstić information content (AvgIpc) is 3.15. The normalized spacial score (nSPS) is 23.0. The number of sulfonamides is 1. The first-order chi connectivity index (χ1) is 14.8. The molecule has 0 radical (unpaired) electrons. The van der Waals surface area contributed by atoms with Gasteiger partial charge in [0.1, 0.15) is 11.8 Å². The molecule has 162 valence electrons. The van der Waals surface area contributed by atoms with Crippen LogP contribution < -0.4 is 10.1 Å². The lowest BCUT2D eigenvalue weighted by molar-refractivity contribution is -0.163. The van der Waals surface area contributed by atoms with Crippen LogP contribution in [0.1, 0.15) is 0 Å². The number of β-lactam (4-membered cyclic amide) rings is 1. The molecule has 2 fully saturated rings. The lowest BCUT2D eigenvalue weighted by Crippen LogP contribution is -2.71. The second-order valence-corrected chi connectivity index (χ2v) is 8.95. The number of nitrogens with zero attached hydrogens (tertiary/aromatic N) is 2. The Morgan fingerprint density at radius 1 is 1.06 bits per heavy atom. The van der Waals surface area contributed by atoms with Crippen molar-refractivity contribution in [3.05, 3.63) is 60.7 Å². The third-order valence-corrected chi connectivity index (χ3v) is 7.00. The number of carboxylic acids is 1. The van der Waals surface area contributed by atoms with Gasteiger partial charge in [-0.3, -0.25) is 9.59 Å². The molecule has 31 heavy (non-hydrogen) atoms. The summed E-state index contributed by atoms with van der Waals surface area (Å²) in [6.45, 7) is -0.584. The first-order valence-electron chi connectivity index (χ1n) is 9.40. The number of hydrogen-bond donors (Lipinski definition) is 2. The Morgan fingerprint density at radius 2 is 1.68 bits per heavy atom. The molecule has 2 aromatic rings. The number of carboxylic acid groups (broad SMARTS) is 1. The van der Waals surface area contributed by atoms with Gasteiger partial charge in [-0.2, -0.15) is 4.31 Å². The molecule has 10 nitrogen and oxygen atoms in total. The lowest BCUT2D eigenvalue weighted by Gasteiger charge is -2.43. The molecule has 2 saturated heterocycles. The number of benzene rings is 2. The summed E-state index contributed by atoms with van der Waals surface area (Å²) in [5.41, 5.74) is 0. The fourth-order valence-electron chi connectivity index (χ4n) is 3.72. The molecule has 3 atom stereocenters. The van der Waals surface area contributed by atoms with Crippen molar-refractivity contribution in [2.45, 2.75) is 23.1 Å². The standard InChI is InChI=1S/C20H19N3O7S/c24-16(12-30-13-7-3-1-4-8-13)21-17-15-11-22(18(20(26)27)23(15)19(17)25)31(28,29)14-9-5-2-6-10-14/h1-10,15,17-18H,11-12H2,(H,21,24)(H,26,27)/t15?,17-,18?/m0/s1. The van der Waals surface area contributed by atoms with Crippen LogP contribution in [0, 0.1) is 0 Å². The highest BCUT2D eigenvalue weighted by atomic mass is 32.2. The molecular weight excluding hydrogens is 426 g/mol. The van der Waals surface area contributed by atoms with Gasteiger partial charge in [0.25, 0.3) is 5.91 Å². The molecule has 0 bridgehead atoms. The van der Waals surface area contributed by atoms with Gasteiger partial charge in [0.05, 0.1) is 10.9 Å². The van der Waals surface area contributed by atoms with Gasteiger partial charge in [0.15, 0.2) is 12.8 Å². The van der Waals surface area contributed by atoms with E-state index < -0.39 is 46.1 Å². The third kappa shape index (κ3) is 3.73. The van der Waals surface area contributed by atoms with E-state index >= 15 is 0 Å². The molecule has 2 aliphatic rings. The Balaban J connectivity index is 1.48. The summed E-state index contributed by atoms with van der Waals surface area (Å²) in [7, 11) is -4.16. The van der Waals surface area contributed by atoms with Crippen LogP contribution in [0.2, 0.25) is 0 Å². The number of para-hydroxylation sites is 1. The fraction of sp³-hybridized carbons (Fsp3) is 0.250. The zero-order chi connectivity index (χ0) is 22.2. The van der Waals surface area contributed by atoms with E-state index in [1.807, 2.05) is 0 Å². The molecule has 2 unspecified atom stereocenters. The van der Waals surface area contributed by atoms with E-state index in [1.54, 1.807) is 36.4 Å². The van der Waals surface area contributed by atoms with E-state index in [-0.39, 0.29) is 18.0 Å². The van der Waals surface area contributed by atoms with Crippen molar-refractivity contribution in [2.75, 3.05) is 13.2 Å². The molecule has 2 aromatic carbocycles. The van der Waals surface area contributed by atoms with E-state index in [0.29, 0.717) is 5.75 Å². The quantitative estimate of drug-likeness (QED) is 0.568. The van der Waals surface area contributed by atoms with Crippen LogP contribution in [0.25, 0.3) is 0 Å². The van der Waals surface area contributed by atoms with Crippen LogP contribution in [0.15, 0.2) is 65.6 Å². The van der Waals surface area contributed by atoms with Gasteiger partial charge in [-0.05, 0) is 24.3 Å². The van der Waals surface area contributed by atoms with Gasteiger partial charge < -0.3 is 20.1 Å². The number of carbonyl (C=O) groups is 3. The minimum Gasteiger partial charge on any atom is -0.484 e. The van der Waals surface area contributed by atoms with E-state index in [2.05, 4.69) is 5.32 Å². The summed E-state index contributed by atoms with van der Waals surface area (Å²) in [5, 5.41) is 12.1. The van der Waals surface area contributed by atoms with Crippen molar-refractivity contribution in [3.8, 4) is 5.75 Å². The predicted octanol–water partition coefficient (Wildman–Crippen LogP) is -0.124. The SMILES string of the molecule is O=C(COc1ccccc1)N[C@@H]1C(=O)N2C1CN(S(=O)(=O)c1ccccc1)C2C(=O)O. The Morgan fingerprint density at radius 3 is 2.29 bits per heavy atom. The Bertz CT molecular complexity index is 1110. The molecular formula is C20H19N3O7S. The minimum absolute atomic E-state index is 0.0759. The maximum Gasteiger partial charge on any atom is 0.342 e. The molecule has 11 heteroatoms. The van der Waals surface area contributed by atoms with Crippen molar-refractivity contribution in [3.63, 3.8) is 0 Å². The summed E-state index contributed by atoms with van der Waals surface area (Å²) in [4.78, 5) is 37.5. The number of hydrogen-bond acceptors (Lipinski definition) is 6. The number of nitrogens with one attached hydrogen (secondary N) is 1. The number of ether oxygens (including phenoxy) is 1. The first kappa shape index (κ1) is 20.8. The monoisotopic (exact) mass is 445 g/mol. The molecule has 2 N–H and O–H groups in total. The minimum atomic E-state index is -4.16. The molecule has 0 aliphatic carbocycles. The Hall–Kier alpha value is -3.44. The van der Waals surface area contributed by atoms with Gasteiger partial charge in [0.2, 0.25) is 15.9 Å². The van der Waals surface area contributed by atoms with Gasteiger partial charge >= 0.3 is 5.97 Å². The predicted molar refractivity (Wildman–Crippen MR) is 106 cm³/mol. The second kappa shape index (κ2) is 8.00. The molecule has 0 aromatic heterocycles. The van der Waals surface area contributed by atoms with E-state index in [1.165, 1.54) is 24.3 Å². The van der Waals surface area contributed by atoms with Crippen molar-refractivity contribution < 1.29 is 32.6 Å². The summed E-state index contributed by atoms with van der Waals surface area (Å²) >= 11 is 0. The zero-order valence-corrected chi connectivity index (χ0v) is 16.9. The number of fused-ring (bicyclic) bond motifs is 1.